The molecule has 2 aromatic heterocycles. The molecule has 1 atom stereocenters. The molecule has 2 aliphatic rings. The minimum atomic E-state index is -0.614. The zero-order valence-electron chi connectivity index (χ0n) is 17.7. The number of carbonyl (C=O) groups excluding carboxylic acids is 2. The third kappa shape index (κ3) is 3.67. The molecule has 2 amide bonds. The number of ether oxygens (including phenoxy) is 2. The maximum Gasteiger partial charge on any atom is 0.410 e. The van der Waals surface area contributed by atoms with Crippen LogP contribution in [0.3, 0.4) is 0 Å². The number of morpholine rings is 1. The second-order valence-electron chi connectivity index (χ2n) is 8.66. The smallest absolute Gasteiger partial charge is 0.410 e. The first-order valence-corrected chi connectivity index (χ1v) is 10.2. The first-order chi connectivity index (χ1) is 14.2. The number of nitrogens with one attached hydrogen (secondary N) is 1. The lowest BCUT2D eigenvalue weighted by atomic mass is 10.2. The number of nitrogens with zero attached hydrogens (tertiary/aromatic N) is 4. The van der Waals surface area contributed by atoms with Gasteiger partial charge in [0.05, 0.1) is 31.4 Å². The number of amides is 2. The van der Waals surface area contributed by atoms with Gasteiger partial charge in [-0.3, -0.25) is 19.6 Å². The van der Waals surface area contributed by atoms with Crippen LogP contribution < -0.4 is 5.56 Å². The van der Waals surface area contributed by atoms with Gasteiger partial charge in [-0.05, 0) is 27.2 Å². The summed E-state index contributed by atoms with van der Waals surface area (Å²) in [5.41, 5.74) is 0.970. The zero-order chi connectivity index (χ0) is 21.6. The Morgan fingerprint density at radius 2 is 2.13 bits per heavy atom. The highest BCUT2D eigenvalue weighted by Gasteiger charge is 2.38. The summed E-state index contributed by atoms with van der Waals surface area (Å²) in [6.07, 6.45) is 0.300. The van der Waals surface area contributed by atoms with Crippen molar-refractivity contribution in [2.24, 2.45) is 0 Å². The Morgan fingerprint density at radius 3 is 2.83 bits per heavy atom. The van der Waals surface area contributed by atoms with Crippen molar-refractivity contribution in [3.8, 4) is 0 Å². The van der Waals surface area contributed by atoms with E-state index in [4.69, 9.17) is 9.47 Å². The van der Waals surface area contributed by atoms with Crippen molar-refractivity contribution >= 4 is 17.6 Å². The van der Waals surface area contributed by atoms with Gasteiger partial charge in [0.2, 0.25) is 0 Å². The fourth-order valence-corrected chi connectivity index (χ4v) is 3.79. The van der Waals surface area contributed by atoms with Gasteiger partial charge in [0, 0.05) is 24.8 Å². The fraction of sp³-hybridized carbons (Fsp3) is 0.600. The summed E-state index contributed by atoms with van der Waals surface area (Å²) < 4.78 is 12.4. The third-order valence-electron chi connectivity index (χ3n) is 5.27. The number of aromatic nitrogens is 3. The van der Waals surface area contributed by atoms with Crippen LogP contribution in [0.2, 0.25) is 0 Å². The molecule has 0 radical (unpaired) electrons. The van der Waals surface area contributed by atoms with Crippen LogP contribution in [0.15, 0.2) is 10.9 Å². The highest BCUT2D eigenvalue weighted by atomic mass is 16.6. The number of carbonyl (C=O) groups is 2. The van der Waals surface area contributed by atoms with Gasteiger partial charge in [0.25, 0.3) is 11.5 Å². The standard InChI is InChI=1S/C20H27N5O5/c1-5-12-8-15-21-16-14(17(26)25(15)22-12)10-23(18(16)27)9-13-11-29-7-6-24(13)19(28)30-20(2,3)4/h8,13,22H,5-7,9-11H2,1-4H3/t13-/m1/s1. The zero-order valence-corrected chi connectivity index (χ0v) is 17.7. The highest BCUT2D eigenvalue weighted by Crippen LogP contribution is 2.22. The number of rotatable bonds is 3. The van der Waals surface area contributed by atoms with Gasteiger partial charge >= 0.3 is 6.09 Å². The van der Waals surface area contributed by atoms with Crippen LogP contribution in [0.1, 0.15) is 49.4 Å². The third-order valence-corrected chi connectivity index (χ3v) is 5.27. The molecular weight excluding hydrogens is 390 g/mol. The maximum atomic E-state index is 13.0. The summed E-state index contributed by atoms with van der Waals surface area (Å²) in [6, 6.07) is 1.42. The van der Waals surface area contributed by atoms with Crippen molar-refractivity contribution in [2.45, 2.75) is 52.3 Å². The van der Waals surface area contributed by atoms with E-state index in [1.807, 2.05) is 27.7 Å². The number of H-pyrrole nitrogens is 1. The van der Waals surface area contributed by atoms with Crippen LogP contribution in [-0.4, -0.2) is 74.3 Å². The van der Waals surface area contributed by atoms with Crippen molar-refractivity contribution < 1.29 is 19.1 Å². The first-order valence-electron chi connectivity index (χ1n) is 10.2. The van der Waals surface area contributed by atoms with Crippen molar-refractivity contribution in [1.82, 2.24) is 24.4 Å². The number of hydrogen-bond acceptors (Lipinski definition) is 6. The maximum absolute atomic E-state index is 13.0. The van der Waals surface area contributed by atoms with Gasteiger partial charge in [-0.2, -0.15) is 0 Å². The topological polar surface area (TPSA) is 109 Å². The summed E-state index contributed by atoms with van der Waals surface area (Å²) in [5.74, 6) is -0.307. The number of hydrogen-bond donors (Lipinski definition) is 1. The summed E-state index contributed by atoms with van der Waals surface area (Å²) in [5, 5.41) is 3.02. The van der Waals surface area contributed by atoms with Crippen molar-refractivity contribution in [2.75, 3.05) is 26.3 Å². The molecule has 30 heavy (non-hydrogen) atoms. The van der Waals surface area contributed by atoms with Crippen LogP contribution in [-0.2, 0) is 22.4 Å². The molecule has 0 aromatic carbocycles. The van der Waals surface area contributed by atoms with Crippen molar-refractivity contribution in [3.05, 3.63) is 33.4 Å². The lowest BCUT2D eigenvalue weighted by Gasteiger charge is -2.38. The van der Waals surface area contributed by atoms with E-state index >= 15 is 0 Å². The van der Waals surface area contributed by atoms with E-state index in [-0.39, 0.29) is 36.3 Å². The molecule has 0 spiro atoms. The van der Waals surface area contributed by atoms with E-state index in [2.05, 4.69) is 10.1 Å². The molecule has 0 saturated carbocycles. The molecule has 0 bridgehead atoms. The molecule has 10 nitrogen and oxygen atoms in total. The van der Waals surface area contributed by atoms with Gasteiger partial charge in [0.15, 0.2) is 5.65 Å². The van der Waals surface area contributed by atoms with E-state index < -0.39 is 11.7 Å². The van der Waals surface area contributed by atoms with Gasteiger partial charge < -0.3 is 14.4 Å². The predicted molar refractivity (Wildman–Crippen MR) is 107 cm³/mol. The normalized spacial score (nSPS) is 19.5. The average Bonchev–Trinajstić information content (AvgIpc) is 3.24. The molecule has 162 valence electrons. The number of aryl methyl sites for hydroxylation is 1. The van der Waals surface area contributed by atoms with Crippen LogP contribution in [0.5, 0.6) is 0 Å². The van der Waals surface area contributed by atoms with E-state index in [9.17, 15) is 14.4 Å². The molecule has 4 rings (SSSR count). The predicted octanol–water partition coefficient (Wildman–Crippen LogP) is 1.18. The Balaban J connectivity index is 1.56. The van der Waals surface area contributed by atoms with E-state index in [0.717, 1.165) is 12.1 Å². The molecule has 1 N–H and O–H groups in total. The minimum Gasteiger partial charge on any atom is -0.444 e. The monoisotopic (exact) mass is 417 g/mol. The molecule has 2 aromatic rings. The van der Waals surface area contributed by atoms with E-state index in [1.54, 1.807) is 15.9 Å². The number of fused-ring (bicyclic) bond motifs is 2. The highest BCUT2D eigenvalue weighted by molar-refractivity contribution is 5.96. The second kappa shape index (κ2) is 7.42. The SMILES string of the molecule is CCc1cc2nc3c(c(=O)n2[nH]1)CN(C[C@@H]1COCCN1C(=O)OC(C)(C)C)C3=O. The molecule has 10 heteroatoms. The van der Waals surface area contributed by atoms with Crippen LogP contribution in [0, 0.1) is 0 Å². The Bertz CT molecular complexity index is 1050. The summed E-state index contributed by atoms with van der Waals surface area (Å²) in [4.78, 5) is 46.0. The largest absolute Gasteiger partial charge is 0.444 e. The average molecular weight is 417 g/mol. The number of aromatic amines is 1. The quantitative estimate of drug-likeness (QED) is 0.803. The van der Waals surface area contributed by atoms with Gasteiger partial charge in [0.1, 0.15) is 11.3 Å². The fourth-order valence-electron chi connectivity index (χ4n) is 3.79. The molecule has 4 heterocycles. The van der Waals surface area contributed by atoms with Gasteiger partial charge in [-0.15, -0.1) is 0 Å². The Morgan fingerprint density at radius 1 is 1.37 bits per heavy atom. The molecular formula is C20H27N5O5. The molecule has 2 aliphatic heterocycles. The summed E-state index contributed by atoms with van der Waals surface area (Å²) in [7, 11) is 0. The lowest BCUT2D eigenvalue weighted by Crippen LogP contribution is -2.54. The molecule has 1 saturated heterocycles. The Kier molecular flexibility index (Phi) is 5.05. The summed E-state index contributed by atoms with van der Waals surface area (Å²) >= 11 is 0. The second-order valence-corrected chi connectivity index (χ2v) is 8.66. The van der Waals surface area contributed by atoms with Crippen LogP contribution in [0.25, 0.3) is 5.65 Å². The Hall–Kier alpha value is -2.88. The molecule has 0 aliphatic carbocycles. The van der Waals surface area contributed by atoms with Crippen molar-refractivity contribution in [3.63, 3.8) is 0 Å². The van der Waals surface area contributed by atoms with Crippen LogP contribution in [0.4, 0.5) is 4.79 Å². The Labute approximate surface area is 173 Å². The minimum absolute atomic E-state index is 0.155. The summed E-state index contributed by atoms with van der Waals surface area (Å²) in [6.45, 7) is 8.90. The van der Waals surface area contributed by atoms with Gasteiger partial charge in [-0.1, -0.05) is 6.92 Å². The first kappa shape index (κ1) is 20.4. The van der Waals surface area contributed by atoms with Crippen LogP contribution >= 0.6 is 0 Å². The van der Waals surface area contributed by atoms with E-state index in [1.165, 1.54) is 4.52 Å². The van der Waals surface area contributed by atoms with Crippen molar-refractivity contribution in [1.29, 1.82) is 0 Å². The molecule has 0 unspecified atom stereocenters. The van der Waals surface area contributed by atoms with E-state index in [0.29, 0.717) is 31.0 Å². The molecule has 1 fully saturated rings. The lowest BCUT2D eigenvalue weighted by molar-refractivity contribution is -0.0380. The van der Waals surface area contributed by atoms with Gasteiger partial charge in [-0.25, -0.2) is 14.3 Å².